The van der Waals surface area contributed by atoms with Crippen LogP contribution in [0.1, 0.15) is 41.7 Å². The number of nitrogens with two attached hydrogens (primary N) is 2. The van der Waals surface area contributed by atoms with Crippen LogP contribution in [0.2, 0.25) is 0 Å². The van der Waals surface area contributed by atoms with Gasteiger partial charge in [0, 0.05) is 12.2 Å². The van der Waals surface area contributed by atoms with Gasteiger partial charge in [-0.1, -0.05) is 13.3 Å². The van der Waals surface area contributed by atoms with Crippen LogP contribution in [0.4, 0.5) is 5.82 Å². The molecule has 1 heterocycles. The predicted molar refractivity (Wildman–Crippen MR) is 55.9 cm³/mol. The van der Waals surface area contributed by atoms with E-state index in [1.54, 1.807) is 12.3 Å². The summed E-state index contributed by atoms with van der Waals surface area (Å²) >= 11 is 0. The average Bonchev–Trinajstić information content (AvgIpc) is 2.19. The van der Waals surface area contributed by atoms with E-state index in [4.69, 9.17) is 11.5 Å². The second kappa shape index (κ2) is 4.72. The largest absolute Gasteiger partial charge is 0.383 e. The lowest BCUT2D eigenvalue weighted by Crippen LogP contribution is -2.11. The van der Waals surface area contributed by atoms with Crippen molar-refractivity contribution in [1.82, 2.24) is 4.98 Å². The van der Waals surface area contributed by atoms with Crippen molar-refractivity contribution in [2.75, 3.05) is 5.73 Å². The van der Waals surface area contributed by atoms with E-state index in [1.807, 2.05) is 0 Å². The Labute approximate surface area is 83.3 Å². The number of pyridine rings is 1. The first-order valence-electron chi connectivity index (χ1n) is 4.65. The Morgan fingerprint density at radius 2 is 2.36 bits per heavy atom. The molecular weight excluding hydrogens is 178 g/mol. The lowest BCUT2D eigenvalue weighted by molar-refractivity contribution is 0.112. The Kier molecular flexibility index (Phi) is 3.59. The first-order valence-corrected chi connectivity index (χ1v) is 4.65. The highest BCUT2D eigenvalue weighted by molar-refractivity contribution is 5.81. The SMILES string of the molecule is CCC[C@@H](N)c1cnc(N)c(C=O)c1. The fourth-order valence-electron chi connectivity index (χ4n) is 1.28. The Morgan fingerprint density at radius 1 is 1.64 bits per heavy atom. The third-order valence-electron chi connectivity index (χ3n) is 2.13. The normalized spacial score (nSPS) is 12.4. The monoisotopic (exact) mass is 193 g/mol. The number of rotatable bonds is 4. The molecule has 1 aromatic heterocycles. The molecule has 0 unspecified atom stereocenters. The van der Waals surface area contributed by atoms with Crippen molar-refractivity contribution in [3.63, 3.8) is 0 Å². The summed E-state index contributed by atoms with van der Waals surface area (Å²) in [5.41, 5.74) is 12.6. The molecule has 0 aliphatic carbocycles. The van der Waals surface area contributed by atoms with Gasteiger partial charge in [0.15, 0.2) is 6.29 Å². The molecule has 14 heavy (non-hydrogen) atoms. The number of aromatic nitrogens is 1. The van der Waals surface area contributed by atoms with Gasteiger partial charge in [-0.05, 0) is 18.1 Å². The maximum atomic E-state index is 10.6. The van der Waals surface area contributed by atoms with Crippen LogP contribution < -0.4 is 11.5 Å². The maximum Gasteiger partial charge on any atom is 0.153 e. The standard InChI is InChI=1S/C10H15N3O/c1-2-3-9(11)7-4-8(6-14)10(12)13-5-7/h4-6,9H,2-3,11H2,1H3,(H2,12,13)/t9-/m1/s1. The molecule has 0 aromatic carbocycles. The van der Waals surface area contributed by atoms with Crippen molar-refractivity contribution in [2.45, 2.75) is 25.8 Å². The molecule has 0 saturated carbocycles. The number of anilines is 1. The van der Waals surface area contributed by atoms with Crippen LogP contribution >= 0.6 is 0 Å². The van der Waals surface area contributed by atoms with Gasteiger partial charge in [-0.3, -0.25) is 4.79 Å². The highest BCUT2D eigenvalue weighted by atomic mass is 16.1. The van der Waals surface area contributed by atoms with E-state index in [9.17, 15) is 4.79 Å². The lowest BCUT2D eigenvalue weighted by atomic mass is 10.0. The average molecular weight is 193 g/mol. The molecule has 76 valence electrons. The Morgan fingerprint density at radius 3 is 2.93 bits per heavy atom. The summed E-state index contributed by atoms with van der Waals surface area (Å²) in [5.74, 6) is 0.257. The van der Waals surface area contributed by atoms with Gasteiger partial charge in [-0.2, -0.15) is 0 Å². The molecule has 1 atom stereocenters. The summed E-state index contributed by atoms with van der Waals surface area (Å²) in [7, 11) is 0. The quantitative estimate of drug-likeness (QED) is 0.705. The van der Waals surface area contributed by atoms with Gasteiger partial charge in [0.1, 0.15) is 5.82 Å². The number of nitrogens with zero attached hydrogens (tertiary/aromatic N) is 1. The van der Waals surface area contributed by atoms with Gasteiger partial charge in [0.25, 0.3) is 0 Å². The van der Waals surface area contributed by atoms with Crippen molar-refractivity contribution >= 4 is 12.1 Å². The van der Waals surface area contributed by atoms with E-state index in [2.05, 4.69) is 11.9 Å². The summed E-state index contributed by atoms with van der Waals surface area (Å²) in [5, 5.41) is 0. The molecule has 0 aliphatic rings. The zero-order valence-corrected chi connectivity index (χ0v) is 8.23. The van der Waals surface area contributed by atoms with E-state index in [0.29, 0.717) is 11.8 Å². The summed E-state index contributed by atoms with van der Waals surface area (Å²) in [6.07, 6.45) is 4.21. The van der Waals surface area contributed by atoms with Crippen LogP contribution in [0.25, 0.3) is 0 Å². The summed E-state index contributed by atoms with van der Waals surface area (Å²) in [4.78, 5) is 14.5. The molecule has 0 saturated heterocycles. The Balaban J connectivity index is 2.94. The van der Waals surface area contributed by atoms with Crippen LogP contribution in [-0.2, 0) is 0 Å². The van der Waals surface area contributed by atoms with Crippen LogP contribution in [0.15, 0.2) is 12.3 Å². The molecule has 4 N–H and O–H groups in total. The molecule has 0 amide bonds. The molecule has 1 rings (SSSR count). The van der Waals surface area contributed by atoms with E-state index >= 15 is 0 Å². The van der Waals surface area contributed by atoms with Crippen molar-refractivity contribution in [2.24, 2.45) is 5.73 Å². The highest BCUT2D eigenvalue weighted by Crippen LogP contribution is 2.17. The predicted octanol–water partition coefficient (Wildman–Crippen LogP) is 1.28. The molecule has 0 radical (unpaired) electrons. The van der Waals surface area contributed by atoms with E-state index in [-0.39, 0.29) is 11.9 Å². The minimum atomic E-state index is -0.0631. The zero-order valence-electron chi connectivity index (χ0n) is 8.23. The number of hydrogen-bond donors (Lipinski definition) is 2. The van der Waals surface area contributed by atoms with Gasteiger partial charge in [0.2, 0.25) is 0 Å². The molecule has 4 nitrogen and oxygen atoms in total. The number of hydrogen-bond acceptors (Lipinski definition) is 4. The molecule has 4 heteroatoms. The number of nitrogen functional groups attached to an aromatic ring is 1. The van der Waals surface area contributed by atoms with E-state index in [0.717, 1.165) is 18.4 Å². The molecule has 0 bridgehead atoms. The van der Waals surface area contributed by atoms with Gasteiger partial charge in [-0.15, -0.1) is 0 Å². The molecule has 0 aliphatic heterocycles. The molecule has 0 spiro atoms. The Bertz CT molecular complexity index is 325. The maximum absolute atomic E-state index is 10.6. The van der Waals surface area contributed by atoms with Crippen LogP contribution in [0.5, 0.6) is 0 Å². The third-order valence-corrected chi connectivity index (χ3v) is 2.13. The summed E-state index contributed by atoms with van der Waals surface area (Å²) < 4.78 is 0. The van der Waals surface area contributed by atoms with Crippen LogP contribution in [0, 0.1) is 0 Å². The fraction of sp³-hybridized carbons (Fsp3) is 0.400. The first-order chi connectivity index (χ1) is 6.69. The summed E-state index contributed by atoms with van der Waals surface area (Å²) in [6, 6.07) is 1.64. The van der Waals surface area contributed by atoms with Gasteiger partial charge in [-0.25, -0.2) is 4.98 Å². The first kappa shape index (κ1) is 10.7. The topological polar surface area (TPSA) is 82.0 Å². The number of carbonyl (C=O) groups is 1. The highest BCUT2D eigenvalue weighted by Gasteiger charge is 2.07. The minimum Gasteiger partial charge on any atom is -0.383 e. The lowest BCUT2D eigenvalue weighted by Gasteiger charge is -2.10. The second-order valence-electron chi connectivity index (χ2n) is 3.26. The molecule has 1 aromatic rings. The van der Waals surface area contributed by atoms with Crippen LogP contribution in [-0.4, -0.2) is 11.3 Å². The molecular formula is C10H15N3O. The van der Waals surface area contributed by atoms with Gasteiger partial charge >= 0.3 is 0 Å². The van der Waals surface area contributed by atoms with E-state index < -0.39 is 0 Å². The van der Waals surface area contributed by atoms with Crippen molar-refractivity contribution in [3.8, 4) is 0 Å². The smallest absolute Gasteiger partial charge is 0.153 e. The van der Waals surface area contributed by atoms with Crippen LogP contribution in [0.3, 0.4) is 0 Å². The van der Waals surface area contributed by atoms with E-state index in [1.165, 1.54) is 0 Å². The van der Waals surface area contributed by atoms with Crippen molar-refractivity contribution < 1.29 is 4.79 Å². The second-order valence-corrected chi connectivity index (χ2v) is 3.26. The zero-order chi connectivity index (χ0) is 10.6. The Hall–Kier alpha value is -1.42. The number of carbonyl (C=O) groups excluding carboxylic acids is 1. The third kappa shape index (κ3) is 2.29. The summed E-state index contributed by atoms with van der Waals surface area (Å²) in [6.45, 7) is 2.06. The molecule has 0 fully saturated rings. The van der Waals surface area contributed by atoms with Crippen molar-refractivity contribution in [1.29, 1.82) is 0 Å². The minimum absolute atomic E-state index is 0.0631. The number of aldehydes is 1. The van der Waals surface area contributed by atoms with Gasteiger partial charge in [0.05, 0.1) is 5.56 Å². The van der Waals surface area contributed by atoms with Gasteiger partial charge < -0.3 is 11.5 Å². The fourth-order valence-corrected chi connectivity index (χ4v) is 1.28. The van der Waals surface area contributed by atoms with Crippen molar-refractivity contribution in [3.05, 3.63) is 23.4 Å².